The number of anilines is 1. The molecule has 130 valence electrons. The first-order chi connectivity index (χ1) is 12.7. The molecule has 1 aromatic carbocycles. The Kier molecular flexibility index (Phi) is 5.51. The Morgan fingerprint density at radius 3 is 2.62 bits per heavy atom. The second-order valence-electron chi connectivity index (χ2n) is 6.25. The van der Waals surface area contributed by atoms with Gasteiger partial charge in [0.05, 0.1) is 5.56 Å². The Morgan fingerprint density at radius 1 is 1.23 bits per heavy atom. The lowest BCUT2D eigenvalue weighted by Gasteiger charge is -2.09. The molecule has 0 bridgehead atoms. The van der Waals surface area contributed by atoms with Gasteiger partial charge in [0.15, 0.2) is 0 Å². The van der Waals surface area contributed by atoms with E-state index in [1.165, 1.54) is 21.8 Å². The molecule has 3 rings (SSSR count). The summed E-state index contributed by atoms with van der Waals surface area (Å²) < 4.78 is 0. The maximum atomic E-state index is 12.5. The van der Waals surface area contributed by atoms with Gasteiger partial charge in [-0.1, -0.05) is 31.2 Å². The van der Waals surface area contributed by atoms with Gasteiger partial charge in [0.25, 0.3) is 5.91 Å². The number of amides is 1. The van der Waals surface area contributed by atoms with E-state index >= 15 is 0 Å². The number of nitriles is 2. The summed E-state index contributed by atoms with van der Waals surface area (Å²) in [5.74, 6) is -0.470. The Labute approximate surface area is 157 Å². The maximum Gasteiger partial charge on any atom is 0.266 e. The molecule has 0 spiro atoms. The van der Waals surface area contributed by atoms with Gasteiger partial charge in [-0.15, -0.1) is 11.3 Å². The molecule has 26 heavy (non-hydrogen) atoms. The zero-order valence-corrected chi connectivity index (χ0v) is 15.4. The second kappa shape index (κ2) is 7.99. The van der Waals surface area contributed by atoms with Crippen molar-refractivity contribution in [1.82, 2.24) is 0 Å². The van der Waals surface area contributed by atoms with Crippen molar-refractivity contribution in [1.29, 1.82) is 10.5 Å². The van der Waals surface area contributed by atoms with Gasteiger partial charge in [0, 0.05) is 4.88 Å². The molecule has 1 aliphatic carbocycles. The number of aryl methyl sites for hydroxylation is 2. The Hall–Kier alpha value is -2.89. The first-order valence-electron chi connectivity index (χ1n) is 8.73. The number of hydrogen-bond acceptors (Lipinski definition) is 4. The SMILES string of the molecule is CCc1ccc(C=C(C#N)C(=O)Nc2sc3c(c2C#N)CCCC3)cc1. The molecule has 0 aliphatic heterocycles. The zero-order valence-electron chi connectivity index (χ0n) is 14.6. The van der Waals surface area contributed by atoms with E-state index in [9.17, 15) is 15.3 Å². The van der Waals surface area contributed by atoms with Crippen LogP contribution < -0.4 is 5.32 Å². The van der Waals surface area contributed by atoms with Crippen LogP contribution in [0.2, 0.25) is 0 Å². The minimum atomic E-state index is -0.470. The van der Waals surface area contributed by atoms with Gasteiger partial charge >= 0.3 is 0 Å². The quantitative estimate of drug-likeness (QED) is 0.638. The fraction of sp³-hybridized carbons (Fsp3) is 0.286. The molecule has 5 heteroatoms. The summed E-state index contributed by atoms with van der Waals surface area (Å²) in [6.07, 6.45) is 6.54. The number of rotatable bonds is 4. The third kappa shape index (κ3) is 3.69. The van der Waals surface area contributed by atoms with E-state index < -0.39 is 5.91 Å². The monoisotopic (exact) mass is 361 g/mol. The molecule has 0 saturated heterocycles. The van der Waals surface area contributed by atoms with E-state index in [4.69, 9.17) is 0 Å². The van der Waals surface area contributed by atoms with Crippen LogP contribution in [-0.2, 0) is 24.1 Å². The van der Waals surface area contributed by atoms with Crippen LogP contribution in [-0.4, -0.2) is 5.91 Å². The molecule has 2 aromatic rings. The first kappa shape index (κ1) is 17.9. The summed E-state index contributed by atoms with van der Waals surface area (Å²) in [5.41, 5.74) is 3.66. The van der Waals surface area contributed by atoms with E-state index in [1.54, 1.807) is 6.08 Å². The van der Waals surface area contributed by atoms with Gasteiger partial charge in [-0.25, -0.2) is 0 Å². The van der Waals surface area contributed by atoms with Crippen molar-refractivity contribution < 1.29 is 4.79 Å². The number of carbonyl (C=O) groups excluding carboxylic acids is 1. The molecule has 1 aliphatic rings. The molecule has 1 heterocycles. The van der Waals surface area contributed by atoms with Crippen molar-refractivity contribution in [2.75, 3.05) is 5.32 Å². The van der Waals surface area contributed by atoms with E-state index in [0.29, 0.717) is 10.6 Å². The van der Waals surface area contributed by atoms with Crippen LogP contribution in [0.4, 0.5) is 5.00 Å². The van der Waals surface area contributed by atoms with Crippen molar-refractivity contribution in [2.45, 2.75) is 39.0 Å². The van der Waals surface area contributed by atoms with Crippen LogP contribution >= 0.6 is 11.3 Å². The third-order valence-electron chi connectivity index (χ3n) is 4.57. The highest BCUT2D eigenvalue weighted by Crippen LogP contribution is 2.37. The molecular formula is C21H19N3OS. The van der Waals surface area contributed by atoms with E-state index in [2.05, 4.69) is 18.3 Å². The van der Waals surface area contributed by atoms with Crippen LogP contribution in [0.1, 0.15) is 46.9 Å². The van der Waals surface area contributed by atoms with Crippen LogP contribution in [0.5, 0.6) is 0 Å². The largest absolute Gasteiger partial charge is 0.312 e. The Balaban J connectivity index is 1.84. The predicted molar refractivity (Wildman–Crippen MR) is 104 cm³/mol. The van der Waals surface area contributed by atoms with Gasteiger partial charge in [-0.3, -0.25) is 4.79 Å². The molecule has 0 radical (unpaired) electrons. The number of nitrogens with zero attached hydrogens (tertiary/aromatic N) is 2. The van der Waals surface area contributed by atoms with Gasteiger partial charge in [0.1, 0.15) is 22.7 Å². The highest BCUT2D eigenvalue weighted by molar-refractivity contribution is 7.16. The Morgan fingerprint density at radius 2 is 1.96 bits per heavy atom. The summed E-state index contributed by atoms with van der Waals surface area (Å²) in [7, 11) is 0. The summed E-state index contributed by atoms with van der Waals surface area (Å²) in [6, 6.07) is 12.0. The maximum absolute atomic E-state index is 12.5. The second-order valence-corrected chi connectivity index (χ2v) is 7.35. The summed E-state index contributed by atoms with van der Waals surface area (Å²) >= 11 is 1.46. The fourth-order valence-electron chi connectivity index (χ4n) is 3.11. The minimum Gasteiger partial charge on any atom is -0.312 e. The minimum absolute atomic E-state index is 0.0320. The van der Waals surface area contributed by atoms with Gasteiger partial charge in [0.2, 0.25) is 0 Å². The van der Waals surface area contributed by atoms with Crippen molar-refractivity contribution in [3.05, 3.63) is 57.0 Å². The third-order valence-corrected chi connectivity index (χ3v) is 5.78. The molecular weight excluding hydrogens is 342 g/mol. The number of thiophene rings is 1. The van der Waals surface area contributed by atoms with Crippen molar-refractivity contribution in [3.63, 3.8) is 0 Å². The van der Waals surface area contributed by atoms with E-state index in [-0.39, 0.29) is 5.57 Å². The number of hydrogen-bond donors (Lipinski definition) is 1. The molecule has 1 aromatic heterocycles. The molecule has 4 nitrogen and oxygen atoms in total. The van der Waals surface area contributed by atoms with Gasteiger partial charge < -0.3 is 5.32 Å². The van der Waals surface area contributed by atoms with Crippen LogP contribution in [0.15, 0.2) is 29.8 Å². The van der Waals surface area contributed by atoms with E-state index in [1.807, 2.05) is 30.3 Å². The van der Waals surface area contributed by atoms with Crippen LogP contribution in [0.3, 0.4) is 0 Å². The topological polar surface area (TPSA) is 76.7 Å². The zero-order chi connectivity index (χ0) is 18.5. The van der Waals surface area contributed by atoms with Gasteiger partial charge in [-0.05, 0) is 54.9 Å². The van der Waals surface area contributed by atoms with Crippen molar-refractivity contribution in [2.24, 2.45) is 0 Å². The van der Waals surface area contributed by atoms with Crippen LogP contribution in [0.25, 0.3) is 6.08 Å². The average Bonchev–Trinajstić information content (AvgIpc) is 3.03. The number of benzene rings is 1. The van der Waals surface area contributed by atoms with Crippen molar-refractivity contribution in [3.8, 4) is 12.1 Å². The normalized spacial score (nSPS) is 13.4. The fourth-order valence-corrected chi connectivity index (χ4v) is 4.34. The highest BCUT2D eigenvalue weighted by atomic mass is 32.1. The van der Waals surface area contributed by atoms with Crippen LogP contribution in [0, 0.1) is 22.7 Å². The van der Waals surface area contributed by atoms with E-state index in [0.717, 1.165) is 43.2 Å². The lowest BCUT2D eigenvalue weighted by atomic mass is 9.96. The predicted octanol–water partition coefficient (Wildman–Crippen LogP) is 4.61. The lowest BCUT2D eigenvalue weighted by Crippen LogP contribution is -2.13. The van der Waals surface area contributed by atoms with Crippen molar-refractivity contribution >= 4 is 28.3 Å². The molecule has 0 unspecified atom stereocenters. The molecule has 1 N–H and O–H groups in total. The molecule has 0 atom stereocenters. The Bertz CT molecular complexity index is 939. The summed E-state index contributed by atoms with van der Waals surface area (Å²) in [6.45, 7) is 2.08. The number of carbonyl (C=O) groups is 1. The highest BCUT2D eigenvalue weighted by Gasteiger charge is 2.22. The smallest absolute Gasteiger partial charge is 0.266 e. The number of nitrogens with one attached hydrogen (secondary N) is 1. The standard InChI is InChI=1S/C21H19N3OS/c1-2-14-7-9-15(10-8-14)11-16(12-22)20(25)24-21-18(13-23)17-5-3-4-6-19(17)26-21/h7-11H,2-6H2,1H3,(H,24,25). The first-order valence-corrected chi connectivity index (χ1v) is 9.54. The number of fused-ring (bicyclic) bond motifs is 1. The molecule has 1 amide bonds. The lowest BCUT2D eigenvalue weighted by molar-refractivity contribution is -0.112. The summed E-state index contributed by atoms with van der Waals surface area (Å²) in [4.78, 5) is 13.7. The van der Waals surface area contributed by atoms with Gasteiger partial charge in [-0.2, -0.15) is 10.5 Å². The molecule has 0 saturated carbocycles. The molecule has 0 fully saturated rings. The average molecular weight is 361 g/mol. The summed E-state index contributed by atoms with van der Waals surface area (Å²) in [5, 5.41) is 22.2.